The highest BCUT2D eigenvalue weighted by molar-refractivity contribution is 4.51. The van der Waals surface area contributed by atoms with Crippen molar-refractivity contribution >= 4 is 0 Å². The molecule has 2 nitrogen and oxygen atoms in total. The van der Waals surface area contributed by atoms with Crippen molar-refractivity contribution in [1.82, 2.24) is 5.32 Å². The summed E-state index contributed by atoms with van der Waals surface area (Å²) in [6, 6.07) is 0.573. The van der Waals surface area contributed by atoms with Gasteiger partial charge in [-0.1, -0.05) is 27.7 Å². The third-order valence-corrected chi connectivity index (χ3v) is 1.14. The highest BCUT2D eigenvalue weighted by Crippen LogP contribution is 1.85. The molecule has 0 aliphatic carbocycles. The Morgan fingerprint density at radius 2 is 1.73 bits per heavy atom. The maximum Gasteiger partial charge on any atom is 0.0431 e. The van der Waals surface area contributed by atoms with Gasteiger partial charge in [-0.05, 0) is 19.4 Å². The van der Waals surface area contributed by atoms with Gasteiger partial charge in [-0.2, -0.15) is 0 Å². The predicted molar refractivity (Wildman–Crippen MR) is 50.8 cm³/mol. The van der Waals surface area contributed by atoms with Crippen LogP contribution in [0.3, 0.4) is 0 Å². The van der Waals surface area contributed by atoms with Crippen molar-refractivity contribution in [3.8, 4) is 0 Å². The number of unbranched alkanes of at least 4 members (excludes halogenated alkanes) is 1. The maximum absolute atomic E-state index is 8.40. The molecule has 0 aromatic carbocycles. The van der Waals surface area contributed by atoms with Crippen LogP contribution >= 0.6 is 0 Å². The van der Waals surface area contributed by atoms with E-state index in [1.54, 1.807) is 0 Å². The summed E-state index contributed by atoms with van der Waals surface area (Å²) in [6.45, 7) is 9.59. The summed E-state index contributed by atoms with van der Waals surface area (Å²) >= 11 is 0. The van der Waals surface area contributed by atoms with Crippen LogP contribution in [-0.2, 0) is 0 Å². The molecule has 0 aliphatic heterocycles. The second-order valence-corrected chi connectivity index (χ2v) is 2.54. The summed E-state index contributed by atoms with van der Waals surface area (Å²) in [4.78, 5) is 0. The van der Waals surface area contributed by atoms with Gasteiger partial charge in [-0.15, -0.1) is 0 Å². The molecule has 0 unspecified atom stereocenters. The van der Waals surface area contributed by atoms with Gasteiger partial charge in [0, 0.05) is 12.6 Å². The lowest BCUT2D eigenvalue weighted by Gasteiger charge is -2.05. The van der Waals surface area contributed by atoms with E-state index in [4.69, 9.17) is 5.11 Å². The number of hydrogen-bond acceptors (Lipinski definition) is 2. The minimum atomic E-state index is 0.319. The maximum atomic E-state index is 8.40. The van der Waals surface area contributed by atoms with Crippen LogP contribution in [-0.4, -0.2) is 24.3 Å². The van der Waals surface area contributed by atoms with E-state index in [9.17, 15) is 0 Å². The molecular weight excluding hydrogens is 138 g/mol. The topological polar surface area (TPSA) is 32.3 Å². The number of aliphatic hydroxyl groups is 1. The van der Waals surface area contributed by atoms with Crippen molar-refractivity contribution in [3.05, 3.63) is 0 Å². The predicted octanol–water partition coefficient (Wildman–Crippen LogP) is 1.78. The first kappa shape index (κ1) is 13.5. The third-order valence-electron chi connectivity index (χ3n) is 1.14. The van der Waals surface area contributed by atoms with Gasteiger partial charge in [0.15, 0.2) is 0 Å². The molecule has 70 valence electrons. The van der Waals surface area contributed by atoms with Crippen LogP contribution in [0.1, 0.15) is 40.5 Å². The Balaban J connectivity index is 0. The summed E-state index contributed by atoms with van der Waals surface area (Å²) < 4.78 is 0. The molecule has 11 heavy (non-hydrogen) atoms. The Morgan fingerprint density at radius 3 is 2.09 bits per heavy atom. The van der Waals surface area contributed by atoms with E-state index >= 15 is 0 Å². The van der Waals surface area contributed by atoms with Crippen LogP contribution in [0.2, 0.25) is 0 Å². The lowest BCUT2D eigenvalue weighted by molar-refractivity contribution is 0.283. The average Bonchev–Trinajstić information content (AvgIpc) is 2.02. The Morgan fingerprint density at radius 1 is 1.18 bits per heavy atom. The van der Waals surface area contributed by atoms with Crippen molar-refractivity contribution in [1.29, 1.82) is 0 Å². The first-order valence-corrected chi connectivity index (χ1v) is 4.61. The zero-order chi connectivity index (χ0) is 9.11. The monoisotopic (exact) mass is 161 g/mol. The van der Waals surface area contributed by atoms with E-state index in [2.05, 4.69) is 19.2 Å². The number of hydrogen-bond donors (Lipinski definition) is 2. The number of rotatable bonds is 5. The fourth-order valence-electron chi connectivity index (χ4n) is 0.628. The zero-order valence-corrected chi connectivity index (χ0v) is 8.35. The first-order chi connectivity index (χ1) is 5.27. The molecule has 0 amide bonds. The van der Waals surface area contributed by atoms with E-state index in [1.165, 1.54) is 0 Å². The van der Waals surface area contributed by atoms with Crippen LogP contribution in [0.5, 0.6) is 0 Å². The molecule has 0 atom stereocenters. The molecule has 0 bridgehead atoms. The van der Waals surface area contributed by atoms with E-state index in [0.717, 1.165) is 19.4 Å². The second kappa shape index (κ2) is 12.6. The Kier molecular flexibility index (Phi) is 15.4. The Bertz CT molecular complexity index is 55.5. The average molecular weight is 161 g/mol. The number of aliphatic hydroxyl groups excluding tert-OH is 1. The van der Waals surface area contributed by atoms with Crippen LogP contribution in [0.15, 0.2) is 0 Å². The van der Waals surface area contributed by atoms with Gasteiger partial charge in [0.2, 0.25) is 0 Å². The van der Waals surface area contributed by atoms with E-state index < -0.39 is 0 Å². The highest BCUT2D eigenvalue weighted by atomic mass is 16.2. The molecule has 0 aromatic heterocycles. The van der Waals surface area contributed by atoms with Gasteiger partial charge in [0.05, 0.1) is 0 Å². The van der Waals surface area contributed by atoms with Crippen LogP contribution < -0.4 is 5.32 Å². The molecule has 2 N–H and O–H groups in total. The third kappa shape index (κ3) is 17.8. The van der Waals surface area contributed by atoms with Gasteiger partial charge in [-0.25, -0.2) is 0 Å². The quantitative estimate of drug-likeness (QED) is 0.602. The summed E-state index contributed by atoms with van der Waals surface area (Å²) in [6.07, 6.45) is 1.99. The molecule has 0 spiro atoms. The molecule has 0 radical (unpaired) electrons. The van der Waals surface area contributed by atoms with E-state index in [0.29, 0.717) is 12.6 Å². The van der Waals surface area contributed by atoms with Gasteiger partial charge in [0.1, 0.15) is 0 Å². The summed E-state index contributed by atoms with van der Waals surface area (Å²) in [7, 11) is 0. The zero-order valence-electron chi connectivity index (χ0n) is 8.35. The molecule has 0 saturated heterocycles. The highest BCUT2D eigenvalue weighted by Gasteiger charge is 1.89. The lowest BCUT2D eigenvalue weighted by atomic mass is 10.3. The number of nitrogens with one attached hydrogen (secondary N) is 1. The van der Waals surface area contributed by atoms with Crippen LogP contribution in [0.4, 0.5) is 0 Å². The minimum absolute atomic E-state index is 0.319. The summed E-state index contributed by atoms with van der Waals surface area (Å²) in [5.41, 5.74) is 0. The van der Waals surface area contributed by atoms with Crippen molar-refractivity contribution in [2.24, 2.45) is 0 Å². The molecule has 0 fully saturated rings. The van der Waals surface area contributed by atoms with Crippen LogP contribution in [0.25, 0.3) is 0 Å². The van der Waals surface area contributed by atoms with E-state index in [1.807, 2.05) is 13.8 Å². The standard InChI is InChI=1S/C7H17NO.C2H6/c1-7(2)8-5-3-4-6-9;1-2/h7-9H,3-6H2,1-2H3;1-2H3. The molecule has 2 heteroatoms. The van der Waals surface area contributed by atoms with E-state index in [-0.39, 0.29) is 0 Å². The minimum Gasteiger partial charge on any atom is -0.396 e. The molecule has 0 aliphatic rings. The first-order valence-electron chi connectivity index (χ1n) is 4.61. The largest absolute Gasteiger partial charge is 0.396 e. The molecular formula is C9H23NO. The van der Waals surface area contributed by atoms with Crippen molar-refractivity contribution in [2.75, 3.05) is 13.2 Å². The Hall–Kier alpha value is -0.0800. The fourth-order valence-corrected chi connectivity index (χ4v) is 0.628. The lowest BCUT2D eigenvalue weighted by Crippen LogP contribution is -2.23. The Labute approximate surface area is 71.0 Å². The van der Waals surface area contributed by atoms with Crippen LogP contribution in [0, 0.1) is 0 Å². The van der Waals surface area contributed by atoms with Crippen molar-refractivity contribution in [3.63, 3.8) is 0 Å². The summed E-state index contributed by atoms with van der Waals surface area (Å²) in [5.74, 6) is 0. The smallest absolute Gasteiger partial charge is 0.0431 e. The van der Waals surface area contributed by atoms with Gasteiger partial charge in [-0.3, -0.25) is 0 Å². The fraction of sp³-hybridized carbons (Fsp3) is 1.00. The van der Waals surface area contributed by atoms with Gasteiger partial charge in [0.25, 0.3) is 0 Å². The van der Waals surface area contributed by atoms with Crippen molar-refractivity contribution in [2.45, 2.75) is 46.6 Å². The van der Waals surface area contributed by atoms with Gasteiger partial charge >= 0.3 is 0 Å². The molecule has 0 aromatic rings. The molecule has 0 saturated carbocycles. The normalized spacial score (nSPS) is 9.27. The second-order valence-electron chi connectivity index (χ2n) is 2.54. The van der Waals surface area contributed by atoms with Crippen molar-refractivity contribution < 1.29 is 5.11 Å². The molecule has 0 heterocycles. The molecule has 0 rings (SSSR count). The summed E-state index contributed by atoms with van der Waals surface area (Å²) in [5, 5.41) is 11.7. The van der Waals surface area contributed by atoms with Gasteiger partial charge < -0.3 is 10.4 Å². The SMILES string of the molecule is CC.CC(C)NCCCCO.